The Hall–Kier alpha value is -2.70. The number of aromatic nitrogens is 1. The normalized spacial score (nSPS) is 16.3. The van der Waals surface area contributed by atoms with Crippen molar-refractivity contribution in [3.05, 3.63) is 52.9 Å². The lowest BCUT2D eigenvalue weighted by atomic mass is 9.91. The molecule has 0 saturated carbocycles. The molecule has 2 aromatic rings. The molecule has 138 valence electrons. The van der Waals surface area contributed by atoms with Gasteiger partial charge in [0.1, 0.15) is 11.3 Å². The van der Waals surface area contributed by atoms with Gasteiger partial charge in [-0.25, -0.2) is 4.39 Å². The van der Waals surface area contributed by atoms with Crippen molar-refractivity contribution in [3.63, 3.8) is 0 Å². The summed E-state index contributed by atoms with van der Waals surface area (Å²) in [7, 11) is 0. The molecule has 0 unspecified atom stereocenters. The Kier molecular flexibility index (Phi) is 5.06. The summed E-state index contributed by atoms with van der Waals surface area (Å²) >= 11 is 0. The minimum atomic E-state index is -1.95. The summed E-state index contributed by atoms with van der Waals surface area (Å²) in [5.74, 6) is -0.399. The van der Waals surface area contributed by atoms with Gasteiger partial charge in [0, 0.05) is 32.5 Å². The van der Waals surface area contributed by atoms with Crippen LogP contribution in [0, 0.1) is 13.8 Å². The van der Waals surface area contributed by atoms with E-state index in [2.05, 4.69) is 10.5 Å². The molecule has 1 fully saturated rings. The second-order valence-corrected chi connectivity index (χ2v) is 6.62. The number of hydrogen-bond acceptors (Lipinski definition) is 4. The first-order valence-corrected chi connectivity index (χ1v) is 8.64. The largest absolute Gasteiger partial charge is 0.361 e. The number of aryl methyl sites for hydroxylation is 2. The fraction of sp³-hybridized carbons (Fsp3) is 0.421. The van der Waals surface area contributed by atoms with Crippen LogP contribution in [0.2, 0.25) is 0 Å². The zero-order chi connectivity index (χ0) is 18.7. The topological polar surface area (TPSA) is 75.4 Å². The maximum atomic E-state index is 15.0. The Morgan fingerprint density at radius 3 is 2.46 bits per heavy atom. The highest BCUT2D eigenvalue weighted by atomic mass is 19.1. The van der Waals surface area contributed by atoms with E-state index >= 15 is 4.39 Å². The first-order chi connectivity index (χ1) is 12.4. The van der Waals surface area contributed by atoms with E-state index < -0.39 is 11.6 Å². The highest BCUT2D eigenvalue weighted by Crippen LogP contribution is 2.28. The monoisotopic (exact) mass is 359 g/mol. The number of alkyl halides is 1. The van der Waals surface area contributed by atoms with Crippen LogP contribution in [0.1, 0.15) is 40.2 Å². The third-order valence-corrected chi connectivity index (χ3v) is 4.79. The molecule has 1 N–H and O–H groups in total. The summed E-state index contributed by atoms with van der Waals surface area (Å²) in [5, 5.41) is 6.44. The van der Waals surface area contributed by atoms with E-state index in [4.69, 9.17) is 4.52 Å². The molecule has 0 radical (unpaired) electrons. The van der Waals surface area contributed by atoms with Crippen LogP contribution in [0.3, 0.4) is 0 Å². The van der Waals surface area contributed by atoms with Gasteiger partial charge >= 0.3 is 0 Å². The molecule has 1 saturated heterocycles. The number of likely N-dealkylation sites (tertiary alicyclic amines) is 1. The van der Waals surface area contributed by atoms with Gasteiger partial charge in [0.25, 0.3) is 11.8 Å². The van der Waals surface area contributed by atoms with Crippen LogP contribution in [-0.4, -0.2) is 40.6 Å². The van der Waals surface area contributed by atoms with E-state index in [-0.39, 0.29) is 38.4 Å². The number of carbonyl (C=O) groups excluding carboxylic acids is 2. The maximum Gasteiger partial charge on any atom is 0.259 e. The fourth-order valence-electron chi connectivity index (χ4n) is 3.17. The van der Waals surface area contributed by atoms with Gasteiger partial charge in [0.2, 0.25) is 0 Å². The summed E-state index contributed by atoms with van der Waals surface area (Å²) in [6.07, 6.45) is -0.0501. The lowest BCUT2D eigenvalue weighted by Crippen LogP contribution is -2.52. The predicted molar refractivity (Wildman–Crippen MR) is 93.2 cm³/mol. The average molecular weight is 359 g/mol. The van der Waals surface area contributed by atoms with Crippen LogP contribution >= 0.6 is 0 Å². The number of piperidine rings is 1. The Morgan fingerprint density at radius 1 is 1.23 bits per heavy atom. The van der Waals surface area contributed by atoms with Crippen molar-refractivity contribution in [2.24, 2.45) is 0 Å². The first kappa shape index (κ1) is 18.1. The molecule has 6 nitrogen and oxygen atoms in total. The minimum Gasteiger partial charge on any atom is -0.361 e. The molecule has 2 amide bonds. The van der Waals surface area contributed by atoms with Gasteiger partial charge in [-0.15, -0.1) is 0 Å². The van der Waals surface area contributed by atoms with Crippen molar-refractivity contribution in [2.45, 2.75) is 38.9 Å². The van der Waals surface area contributed by atoms with E-state index in [0.717, 1.165) is 5.56 Å². The molecular weight excluding hydrogens is 337 g/mol. The third kappa shape index (κ3) is 3.61. The molecule has 0 spiro atoms. The summed E-state index contributed by atoms with van der Waals surface area (Å²) in [6.45, 7) is 4.02. The Bertz CT molecular complexity index is 776. The lowest BCUT2D eigenvalue weighted by molar-refractivity contribution is -0.135. The van der Waals surface area contributed by atoms with E-state index in [1.807, 2.05) is 30.3 Å². The van der Waals surface area contributed by atoms with Crippen molar-refractivity contribution >= 4 is 11.8 Å². The maximum absolute atomic E-state index is 15.0. The number of carbonyl (C=O) groups is 2. The van der Waals surface area contributed by atoms with Gasteiger partial charge in [-0.2, -0.15) is 0 Å². The number of amides is 2. The average Bonchev–Trinajstić information content (AvgIpc) is 2.99. The fourth-order valence-corrected chi connectivity index (χ4v) is 3.17. The quantitative estimate of drug-likeness (QED) is 0.910. The van der Waals surface area contributed by atoms with Gasteiger partial charge in [-0.05, 0) is 19.4 Å². The van der Waals surface area contributed by atoms with E-state index in [1.165, 1.54) is 0 Å². The van der Waals surface area contributed by atoms with Gasteiger partial charge in [-0.3, -0.25) is 9.59 Å². The van der Waals surface area contributed by atoms with Gasteiger partial charge in [-0.1, -0.05) is 35.5 Å². The second kappa shape index (κ2) is 7.27. The molecule has 1 aliphatic heterocycles. The van der Waals surface area contributed by atoms with Crippen molar-refractivity contribution in [3.8, 4) is 0 Å². The predicted octanol–water partition coefficient (Wildman–Crippen LogP) is 2.55. The Morgan fingerprint density at radius 2 is 1.88 bits per heavy atom. The molecule has 1 aliphatic rings. The first-order valence-electron chi connectivity index (χ1n) is 8.64. The molecular formula is C19H22FN3O3. The van der Waals surface area contributed by atoms with Crippen LogP contribution in [0.15, 0.2) is 34.9 Å². The van der Waals surface area contributed by atoms with Crippen LogP contribution < -0.4 is 5.32 Å². The number of halogens is 1. The lowest BCUT2D eigenvalue weighted by Gasteiger charge is -2.35. The van der Waals surface area contributed by atoms with Crippen LogP contribution in [-0.2, 0) is 11.3 Å². The number of benzene rings is 1. The van der Waals surface area contributed by atoms with E-state index in [1.54, 1.807) is 18.7 Å². The Balaban J connectivity index is 1.58. The van der Waals surface area contributed by atoms with Crippen molar-refractivity contribution < 1.29 is 18.5 Å². The zero-order valence-corrected chi connectivity index (χ0v) is 14.9. The van der Waals surface area contributed by atoms with Crippen LogP contribution in [0.4, 0.5) is 4.39 Å². The molecule has 26 heavy (non-hydrogen) atoms. The zero-order valence-electron chi connectivity index (χ0n) is 14.9. The number of nitrogens with zero attached hydrogens (tertiary/aromatic N) is 2. The van der Waals surface area contributed by atoms with Crippen LogP contribution in [0.25, 0.3) is 0 Å². The molecule has 3 rings (SSSR count). The third-order valence-electron chi connectivity index (χ3n) is 4.79. The van der Waals surface area contributed by atoms with Crippen molar-refractivity contribution in [2.75, 3.05) is 13.1 Å². The molecule has 0 aliphatic carbocycles. The molecule has 1 aromatic carbocycles. The second-order valence-electron chi connectivity index (χ2n) is 6.62. The standard InChI is InChI=1S/C19H22FN3O3/c1-13-16(14(2)26-22-13)17(24)23-10-8-19(20,9-11-23)18(25)21-12-15-6-4-3-5-7-15/h3-7H,8-12H2,1-2H3,(H,21,25). The van der Waals surface area contributed by atoms with Gasteiger partial charge < -0.3 is 14.7 Å². The van der Waals surface area contributed by atoms with E-state index in [0.29, 0.717) is 17.0 Å². The number of hydrogen-bond donors (Lipinski definition) is 1. The van der Waals surface area contributed by atoms with Crippen LogP contribution in [0.5, 0.6) is 0 Å². The van der Waals surface area contributed by atoms with Crippen molar-refractivity contribution in [1.29, 1.82) is 0 Å². The van der Waals surface area contributed by atoms with Gasteiger partial charge in [0.15, 0.2) is 5.67 Å². The SMILES string of the molecule is Cc1noc(C)c1C(=O)N1CCC(F)(C(=O)NCc2ccccc2)CC1. The summed E-state index contributed by atoms with van der Waals surface area (Å²) in [4.78, 5) is 26.4. The highest BCUT2D eigenvalue weighted by Gasteiger charge is 2.43. The summed E-state index contributed by atoms with van der Waals surface area (Å²) in [6, 6.07) is 9.36. The Labute approximate surface area is 151 Å². The number of rotatable bonds is 4. The van der Waals surface area contributed by atoms with Crippen molar-refractivity contribution in [1.82, 2.24) is 15.4 Å². The molecule has 1 aromatic heterocycles. The van der Waals surface area contributed by atoms with E-state index in [9.17, 15) is 9.59 Å². The number of nitrogens with one attached hydrogen (secondary N) is 1. The highest BCUT2D eigenvalue weighted by molar-refractivity contribution is 5.96. The molecule has 7 heteroatoms. The molecule has 0 atom stereocenters. The molecule has 2 heterocycles. The summed E-state index contributed by atoms with van der Waals surface area (Å²) < 4.78 is 20.1. The summed E-state index contributed by atoms with van der Waals surface area (Å²) in [5.41, 5.74) is -0.102. The van der Waals surface area contributed by atoms with Gasteiger partial charge in [0.05, 0.1) is 5.69 Å². The minimum absolute atomic E-state index is 0.0251. The molecule has 0 bridgehead atoms. The smallest absolute Gasteiger partial charge is 0.259 e.